The van der Waals surface area contributed by atoms with E-state index in [1.165, 1.54) is 11.1 Å². The number of rotatable bonds is 3. The molecule has 1 aliphatic rings. The lowest BCUT2D eigenvalue weighted by Gasteiger charge is -2.36. The molecule has 0 saturated heterocycles. The second-order valence-corrected chi connectivity index (χ2v) is 5.82. The fourth-order valence-electron chi connectivity index (χ4n) is 3.11. The predicted octanol–water partition coefficient (Wildman–Crippen LogP) is 3.37. The van der Waals surface area contributed by atoms with Gasteiger partial charge >= 0.3 is 6.03 Å². The summed E-state index contributed by atoms with van der Waals surface area (Å²) in [6.07, 6.45) is 1.79. The Labute approximate surface area is 136 Å². The lowest BCUT2D eigenvalue weighted by molar-refractivity contribution is 0.135. The van der Waals surface area contributed by atoms with Crippen LogP contribution in [0.5, 0.6) is 0 Å². The van der Waals surface area contributed by atoms with Crippen LogP contribution in [0, 0.1) is 0 Å². The molecule has 3 rings (SSSR count). The van der Waals surface area contributed by atoms with Crippen molar-refractivity contribution >= 4 is 11.7 Å². The summed E-state index contributed by atoms with van der Waals surface area (Å²) >= 11 is 0. The minimum absolute atomic E-state index is 0.0702. The van der Waals surface area contributed by atoms with Crippen LogP contribution in [0.25, 0.3) is 0 Å². The molecule has 0 saturated carbocycles. The molecule has 4 heteroatoms. The Kier molecular flexibility index (Phi) is 4.63. The maximum atomic E-state index is 12.6. The minimum atomic E-state index is -0.283. The number of fused-ring (bicyclic) bond motifs is 1. The van der Waals surface area contributed by atoms with E-state index in [9.17, 15) is 9.90 Å². The number of hydrogen-bond donors (Lipinski definition) is 2. The molecule has 1 aliphatic heterocycles. The predicted molar refractivity (Wildman–Crippen MR) is 91.5 cm³/mol. The summed E-state index contributed by atoms with van der Waals surface area (Å²) in [5.41, 5.74) is 4.27. The molecule has 0 bridgehead atoms. The highest BCUT2D eigenvalue weighted by atomic mass is 16.3. The minimum Gasteiger partial charge on any atom is -0.394 e. The third-order valence-corrected chi connectivity index (χ3v) is 4.46. The molecular formula is C19H22N2O2. The van der Waals surface area contributed by atoms with Crippen molar-refractivity contribution in [1.82, 2.24) is 4.90 Å². The van der Waals surface area contributed by atoms with E-state index in [1.807, 2.05) is 42.5 Å². The van der Waals surface area contributed by atoms with Gasteiger partial charge in [0.2, 0.25) is 0 Å². The Morgan fingerprint density at radius 3 is 2.65 bits per heavy atom. The number of carbonyl (C=O) groups excluding carboxylic acids is 1. The quantitative estimate of drug-likeness (QED) is 0.913. The number of urea groups is 1. The van der Waals surface area contributed by atoms with E-state index in [0.717, 1.165) is 24.1 Å². The number of benzene rings is 2. The lowest BCUT2D eigenvalue weighted by atomic mass is 9.93. The van der Waals surface area contributed by atoms with Gasteiger partial charge in [-0.2, -0.15) is 0 Å². The number of aliphatic hydroxyl groups excluding tert-OH is 1. The molecule has 2 amide bonds. The van der Waals surface area contributed by atoms with Gasteiger partial charge in [0.25, 0.3) is 0 Å². The van der Waals surface area contributed by atoms with Gasteiger partial charge in [-0.15, -0.1) is 0 Å². The van der Waals surface area contributed by atoms with E-state index in [0.29, 0.717) is 6.54 Å². The third-order valence-electron chi connectivity index (χ3n) is 4.46. The largest absolute Gasteiger partial charge is 0.394 e. The smallest absolute Gasteiger partial charge is 0.322 e. The average Bonchev–Trinajstić information content (AvgIpc) is 2.61. The average molecular weight is 310 g/mol. The Bertz CT molecular complexity index is 682. The zero-order chi connectivity index (χ0) is 16.2. The highest BCUT2D eigenvalue weighted by Crippen LogP contribution is 2.29. The normalized spacial score (nSPS) is 16.8. The molecule has 0 aliphatic carbocycles. The van der Waals surface area contributed by atoms with Crippen LogP contribution in [-0.4, -0.2) is 29.2 Å². The van der Waals surface area contributed by atoms with E-state index in [-0.39, 0.29) is 18.7 Å². The maximum Gasteiger partial charge on any atom is 0.322 e. The molecule has 1 heterocycles. The third kappa shape index (κ3) is 3.22. The number of anilines is 1. The molecule has 0 spiro atoms. The van der Waals surface area contributed by atoms with Crippen molar-refractivity contribution in [3.8, 4) is 0 Å². The Morgan fingerprint density at radius 2 is 1.96 bits per heavy atom. The number of aryl methyl sites for hydroxylation is 1. The zero-order valence-electron chi connectivity index (χ0n) is 13.3. The number of carbonyl (C=O) groups is 1. The second-order valence-electron chi connectivity index (χ2n) is 5.82. The SMILES string of the molecule is CCc1ccc(NC(=O)N2CCc3ccccc3C2CO)cc1. The van der Waals surface area contributed by atoms with E-state index < -0.39 is 0 Å². The van der Waals surface area contributed by atoms with Gasteiger partial charge in [-0.3, -0.25) is 0 Å². The van der Waals surface area contributed by atoms with Crippen LogP contribution < -0.4 is 5.32 Å². The van der Waals surface area contributed by atoms with Gasteiger partial charge in [0, 0.05) is 12.2 Å². The molecule has 0 aromatic heterocycles. The van der Waals surface area contributed by atoms with Gasteiger partial charge in [-0.05, 0) is 41.7 Å². The van der Waals surface area contributed by atoms with Crippen LogP contribution in [-0.2, 0) is 12.8 Å². The zero-order valence-corrected chi connectivity index (χ0v) is 13.3. The van der Waals surface area contributed by atoms with Crippen molar-refractivity contribution in [2.75, 3.05) is 18.5 Å². The van der Waals surface area contributed by atoms with E-state index in [2.05, 4.69) is 18.3 Å². The molecule has 4 nitrogen and oxygen atoms in total. The van der Waals surface area contributed by atoms with E-state index in [1.54, 1.807) is 4.90 Å². The van der Waals surface area contributed by atoms with Crippen LogP contribution in [0.2, 0.25) is 0 Å². The molecule has 1 unspecified atom stereocenters. The van der Waals surface area contributed by atoms with Crippen LogP contribution in [0.3, 0.4) is 0 Å². The monoisotopic (exact) mass is 310 g/mol. The molecule has 1 atom stereocenters. The van der Waals surface area contributed by atoms with E-state index in [4.69, 9.17) is 0 Å². The Balaban J connectivity index is 1.76. The molecular weight excluding hydrogens is 288 g/mol. The van der Waals surface area contributed by atoms with Crippen molar-refractivity contribution in [3.05, 3.63) is 65.2 Å². The van der Waals surface area contributed by atoms with Crippen molar-refractivity contribution in [2.24, 2.45) is 0 Å². The summed E-state index contributed by atoms with van der Waals surface area (Å²) in [7, 11) is 0. The summed E-state index contributed by atoms with van der Waals surface area (Å²) < 4.78 is 0. The lowest BCUT2D eigenvalue weighted by Crippen LogP contribution is -2.43. The second kappa shape index (κ2) is 6.84. The summed E-state index contributed by atoms with van der Waals surface area (Å²) in [5, 5.41) is 12.7. The van der Waals surface area contributed by atoms with Gasteiger partial charge in [0.15, 0.2) is 0 Å². The maximum absolute atomic E-state index is 12.6. The topological polar surface area (TPSA) is 52.6 Å². The summed E-state index contributed by atoms with van der Waals surface area (Å²) in [6.45, 7) is 2.64. The van der Waals surface area contributed by atoms with Crippen LogP contribution >= 0.6 is 0 Å². The van der Waals surface area contributed by atoms with Gasteiger partial charge < -0.3 is 15.3 Å². The first-order valence-corrected chi connectivity index (χ1v) is 8.08. The first kappa shape index (κ1) is 15.6. The summed E-state index contributed by atoms with van der Waals surface area (Å²) in [6, 6.07) is 15.4. The molecule has 23 heavy (non-hydrogen) atoms. The van der Waals surface area contributed by atoms with Crippen molar-refractivity contribution in [2.45, 2.75) is 25.8 Å². The molecule has 0 fully saturated rings. The molecule has 2 aromatic rings. The molecule has 2 N–H and O–H groups in total. The van der Waals surface area contributed by atoms with Crippen molar-refractivity contribution in [3.63, 3.8) is 0 Å². The Hall–Kier alpha value is -2.33. The van der Waals surface area contributed by atoms with Crippen LogP contribution in [0.15, 0.2) is 48.5 Å². The standard InChI is InChI=1S/C19H22N2O2/c1-2-14-7-9-16(10-8-14)20-19(23)21-12-11-15-5-3-4-6-17(15)18(21)13-22/h3-10,18,22H,2,11-13H2,1H3,(H,20,23). The summed E-state index contributed by atoms with van der Waals surface area (Å²) in [4.78, 5) is 14.3. The number of aliphatic hydroxyl groups is 1. The van der Waals surface area contributed by atoms with Gasteiger partial charge in [0.1, 0.15) is 0 Å². The number of hydrogen-bond acceptors (Lipinski definition) is 2. The highest BCUT2D eigenvalue weighted by Gasteiger charge is 2.30. The Morgan fingerprint density at radius 1 is 1.22 bits per heavy atom. The van der Waals surface area contributed by atoms with Gasteiger partial charge in [-0.25, -0.2) is 4.79 Å². The fourth-order valence-corrected chi connectivity index (χ4v) is 3.11. The highest BCUT2D eigenvalue weighted by molar-refractivity contribution is 5.89. The number of amides is 2. The van der Waals surface area contributed by atoms with Gasteiger partial charge in [0.05, 0.1) is 12.6 Å². The molecule has 120 valence electrons. The first-order chi connectivity index (χ1) is 11.2. The van der Waals surface area contributed by atoms with Crippen molar-refractivity contribution < 1.29 is 9.90 Å². The van der Waals surface area contributed by atoms with Crippen molar-refractivity contribution in [1.29, 1.82) is 0 Å². The molecule has 2 aromatic carbocycles. The summed E-state index contributed by atoms with van der Waals surface area (Å²) in [5.74, 6) is 0. The fraction of sp³-hybridized carbons (Fsp3) is 0.316. The molecule has 0 radical (unpaired) electrons. The van der Waals surface area contributed by atoms with Crippen LogP contribution in [0.4, 0.5) is 10.5 Å². The van der Waals surface area contributed by atoms with Crippen LogP contribution in [0.1, 0.15) is 29.7 Å². The van der Waals surface area contributed by atoms with E-state index >= 15 is 0 Å². The number of nitrogens with one attached hydrogen (secondary N) is 1. The van der Waals surface area contributed by atoms with Gasteiger partial charge in [-0.1, -0.05) is 43.3 Å². The number of nitrogens with zero attached hydrogens (tertiary/aromatic N) is 1. The first-order valence-electron chi connectivity index (χ1n) is 8.08.